The van der Waals surface area contributed by atoms with Gasteiger partial charge in [-0.25, -0.2) is 0 Å². The number of carbonyl (C=O) groups is 2. The van der Waals surface area contributed by atoms with E-state index in [1.54, 1.807) is 14.2 Å². The van der Waals surface area contributed by atoms with Crippen molar-refractivity contribution in [2.24, 2.45) is 5.41 Å². The second-order valence-corrected chi connectivity index (χ2v) is 12.1. The molecule has 40 heavy (non-hydrogen) atoms. The van der Waals surface area contributed by atoms with E-state index in [9.17, 15) is 4.79 Å². The number of nitrogens with one attached hydrogen (secondary N) is 1. The number of amides is 1. The van der Waals surface area contributed by atoms with Gasteiger partial charge in [-0.2, -0.15) is 0 Å². The summed E-state index contributed by atoms with van der Waals surface area (Å²) >= 11 is 1.85. The van der Waals surface area contributed by atoms with Crippen LogP contribution < -0.4 is 14.8 Å². The Bertz CT molecular complexity index is 1520. The van der Waals surface area contributed by atoms with Crippen molar-refractivity contribution in [2.75, 3.05) is 31.2 Å². The minimum absolute atomic E-state index is 0.0552. The minimum Gasteiger partial charge on any atom is -0.497 e. The van der Waals surface area contributed by atoms with E-state index in [0.29, 0.717) is 18.7 Å². The summed E-state index contributed by atoms with van der Waals surface area (Å²) in [6.45, 7) is 0. The maximum absolute atomic E-state index is 15.2. The molecule has 1 N–H and O–H groups in total. The number of Topliss-reactive ketones (excluding diaryl/α,β-unsaturated/α-hetero) is 1. The van der Waals surface area contributed by atoms with Crippen LogP contribution in [0.1, 0.15) is 41.9 Å². The van der Waals surface area contributed by atoms with Gasteiger partial charge in [0.2, 0.25) is 0 Å². The third-order valence-corrected chi connectivity index (χ3v) is 10.5. The highest BCUT2D eigenvalue weighted by Crippen LogP contribution is 2.70. The van der Waals surface area contributed by atoms with Crippen molar-refractivity contribution in [3.05, 3.63) is 95.1 Å². The van der Waals surface area contributed by atoms with Gasteiger partial charge in [-0.1, -0.05) is 42.5 Å². The van der Waals surface area contributed by atoms with Gasteiger partial charge in [0.25, 0.3) is 5.91 Å². The van der Waals surface area contributed by atoms with Crippen LogP contribution in [0, 0.1) is 5.41 Å². The van der Waals surface area contributed by atoms with Crippen LogP contribution >= 0.6 is 11.8 Å². The number of benzene rings is 3. The second-order valence-electron chi connectivity index (χ2n) is 11.1. The van der Waals surface area contributed by atoms with Gasteiger partial charge in [0.05, 0.1) is 19.6 Å². The van der Waals surface area contributed by atoms with Gasteiger partial charge in [0.1, 0.15) is 17.0 Å². The Hall–Kier alpha value is -3.55. The molecule has 2 spiro atoms. The van der Waals surface area contributed by atoms with Gasteiger partial charge in [0.15, 0.2) is 5.78 Å². The van der Waals surface area contributed by atoms with Gasteiger partial charge < -0.3 is 14.8 Å². The Morgan fingerprint density at radius 1 is 0.950 bits per heavy atom. The number of thioether (sulfide) groups is 1. The van der Waals surface area contributed by atoms with E-state index in [-0.39, 0.29) is 23.7 Å². The average Bonchev–Trinajstić information content (AvgIpc) is 3.64. The number of fused-ring (bicyclic) bond motifs is 5. The van der Waals surface area contributed by atoms with Crippen molar-refractivity contribution in [3.8, 4) is 11.5 Å². The first-order chi connectivity index (χ1) is 19.5. The molecule has 2 saturated heterocycles. The molecule has 204 valence electrons. The largest absolute Gasteiger partial charge is 0.497 e. The molecule has 3 aliphatic heterocycles. The molecule has 3 aromatic carbocycles. The fourth-order valence-corrected chi connectivity index (χ4v) is 9.23. The normalized spacial score (nSPS) is 30.1. The molecule has 0 bridgehead atoms. The van der Waals surface area contributed by atoms with Gasteiger partial charge in [-0.15, -0.1) is 11.8 Å². The molecule has 3 fully saturated rings. The van der Waals surface area contributed by atoms with Crippen LogP contribution in [0.3, 0.4) is 0 Å². The zero-order chi connectivity index (χ0) is 27.5. The molecular weight excluding hydrogens is 520 g/mol. The zero-order valence-corrected chi connectivity index (χ0v) is 23.5. The molecular formula is C33H32N2O4S. The van der Waals surface area contributed by atoms with Crippen molar-refractivity contribution in [1.82, 2.24) is 4.90 Å². The minimum atomic E-state index is -1.07. The SMILES string of the molecule is COc1ccc(/C=C2\CCC[C@@]3(C2=O)[C@@H](c2ccc(OC)cc2)[C@@H]2CSCN2[C@]32C(=O)Nc3ccccc32)cc1. The van der Waals surface area contributed by atoms with Crippen molar-refractivity contribution < 1.29 is 19.1 Å². The van der Waals surface area contributed by atoms with Crippen LogP contribution in [0.15, 0.2) is 78.4 Å². The van der Waals surface area contributed by atoms with Crippen LogP contribution in [0.25, 0.3) is 6.08 Å². The lowest BCUT2D eigenvalue weighted by molar-refractivity contribution is -0.145. The Labute approximate surface area is 238 Å². The van der Waals surface area contributed by atoms with Gasteiger partial charge in [-0.05, 0) is 72.4 Å². The quantitative estimate of drug-likeness (QED) is 0.410. The predicted octanol–water partition coefficient (Wildman–Crippen LogP) is 5.85. The first kappa shape index (κ1) is 25.4. The molecule has 3 heterocycles. The average molecular weight is 553 g/mol. The van der Waals surface area contributed by atoms with Crippen molar-refractivity contribution in [2.45, 2.75) is 36.8 Å². The number of anilines is 1. The van der Waals surface area contributed by atoms with E-state index >= 15 is 4.79 Å². The highest BCUT2D eigenvalue weighted by Gasteiger charge is 2.77. The maximum atomic E-state index is 15.2. The van der Waals surface area contributed by atoms with E-state index < -0.39 is 11.0 Å². The summed E-state index contributed by atoms with van der Waals surface area (Å²) in [6, 6.07) is 24.0. The van der Waals surface area contributed by atoms with Crippen molar-refractivity contribution in [1.29, 1.82) is 0 Å². The highest BCUT2D eigenvalue weighted by atomic mass is 32.2. The van der Waals surface area contributed by atoms with Gasteiger partial charge >= 0.3 is 0 Å². The molecule has 0 radical (unpaired) electrons. The summed E-state index contributed by atoms with van der Waals surface area (Å²) in [4.78, 5) is 32.0. The third kappa shape index (κ3) is 3.34. The maximum Gasteiger partial charge on any atom is 0.250 e. The number of rotatable bonds is 4. The number of nitrogens with zero attached hydrogens (tertiary/aromatic N) is 1. The smallest absolute Gasteiger partial charge is 0.250 e. The number of methoxy groups -OCH3 is 2. The monoisotopic (exact) mass is 552 g/mol. The molecule has 0 unspecified atom stereocenters. The predicted molar refractivity (Wildman–Crippen MR) is 158 cm³/mol. The number of hydrogen-bond donors (Lipinski definition) is 1. The van der Waals surface area contributed by atoms with Crippen LogP contribution in [0.5, 0.6) is 11.5 Å². The highest BCUT2D eigenvalue weighted by molar-refractivity contribution is 7.99. The summed E-state index contributed by atoms with van der Waals surface area (Å²) in [5, 5.41) is 3.21. The summed E-state index contributed by atoms with van der Waals surface area (Å²) < 4.78 is 10.8. The molecule has 1 amide bonds. The van der Waals surface area contributed by atoms with E-state index in [4.69, 9.17) is 9.47 Å². The number of carbonyl (C=O) groups excluding carboxylic acids is 2. The molecule has 1 saturated carbocycles. The second kappa shape index (κ2) is 9.53. The molecule has 7 heteroatoms. The zero-order valence-electron chi connectivity index (χ0n) is 22.7. The van der Waals surface area contributed by atoms with Gasteiger partial charge in [0, 0.05) is 34.8 Å². The van der Waals surface area contributed by atoms with Crippen LogP contribution in [-0.2, 0) is 15.1 Å². The molecule has 6 nitrogen and oxygen atoms in total. The fraction of sp³-hybridized carbons (Fsp3) is 0.333. The molecule has 4 aliphatic rings. The van der Waals surface area contributed by atoms with Crippen molar-refractivity contribution >= 4 is 35.2 Å². The first-order valence-electron chi connectivity index (χ1n) is 13.8. The first-order valence-corrected chi connectivity index (χ1v) is 15.0. The topological polar surface area (TPSA) is 67.9 Å². The molecule has 4 atom stereocenters. The standard InChI is InChI=1S/C33H32N2O4S/c1-38-24-13-9-21(10-14-24)18-23-6-5-17-32(30(23)36)29(22-11-15-25(39-2)16-12-22)28-19-40-20-35(28)33(32)26-7-3-4-8-27(26)34-31(33)37/h3-4,7-16,18,28-29H,5-6,17,19-20H2,1-2H3,(H,34,37)/b23-18+/t28-,29-,32-,33+/m0/s1. The number of ether oxygens (including phenoxy) is 2. The Morgan fingerprint density at radius 3 is 2.38 bits per heavy atom. The van der Waals surface area contributed by atoms with E-state index in [0.717, 1.165) is 51.6 Å². The third-order valence-electron chi connectivity index (χ3n) is 9.45. The Balaban J connectivity index is 1.47. The number of allylic oxidation sites excluding steroid dienone is 1. The number of hydrogen-bond acceptors (Lipinski definition) is 6. The molecule has 7 rings (SSSR count). The molecule has 3 aromatic rings. The van der Waals surface area contributed by atoms with E-state index in [1.165, 1.54) is 0 Å². The van der Waals surface area contributed by atoms with Gasteiger partial charge in [-0.3, -0.25) is 14.5 Å². The summed E-state index contributed by atoms with van der Waals surface area (Å²) in [5.74, 6) is 3.03. The van der Waals surface area contributed by atoms with Crippen molar-refractivity contribution in [3.63, 3.8) is 0 Å². The Kier molecular flexibility index (Phi) is 6.06. The summed E-state index contributed by atoms with van der Waals surface area (Å²) in [6.07, 6.45) is 4.21. The van der Waals surface area contributed by atoms with E-state index in [2.05, 4.69) is 28.4 Å². The lowest BCUT2D eigenvalue weighted by Crippen LogP contribution is -2.60. The molecule has 0 aromatic heterocycles. The Morgan fingerprint density at radius 2 is 1.65 bits per heavy atom. The summed E-state index contributed by atoms with van der Waals surface area (Å²) in [7, 11) is 3.31. The van der Waals surface area contributed by atoms with Crippen LogP contribution in [-0.4, -0.2) is 48.5 Å². The lowest BCUT2D eigenvalue weighted by atomic mass is 9.53. The fourth-order valence-electron chi connectivity index (χ4n) is 7.93. The van der Waals surface area contributed by atoms with Crippen LogP contribution in [0.4, 0.5) is 5.69 Å². The number of ketones is 1. The summed E-state index contributed by atoms with van der Waals surface area (Å²) in [5.41, 5.74) is 2.58. The lowest BCUT2D eigenvalue weighted by Gasteiger charge is -2.49. The number of para-hydroxylation sites is 1. The van der Waals surface area contributed by atoms with E-state index in [1.807, 2.05) is 72.4 Å². The molecule has 1 aliphatic carbocycles. The van der Waals surface area contributed by atoms with Crippen LogP contribution in [0.2, 0.25) is 0 Å².